The van der Waals surface area contributed by atoms with E-state index in [1.54, 1.807) is 0 Å². The van der Waals surface area contributed by atoms with Gasteiger partial charge < -0.3 is 9.88 Å². The lowest BCUT2D eigenvalue weighted by atomic mass is 10.0. The third-order valence-electron chi connectivity index (χ3n) is 3.55. The summed E-state index contributed by atoms with van der Waals surface area (Å²) in [5.41, 5.74) is 4.91. The quantitative estimate of drug-likeness (QED) is 0.911. The number of hydrogen-bond acceptors (Lipinski definition) is 2. The van der Waals surface area contributed by atoms with E-state index < -0.39 is 0 Å². The molecule has 19 heavy (non-hydrogen) atoms. The van der Waals surface area contributed by atoms with E-state index in [0.717, 1.165) is 18.1 Å². The summed E-state index contributed by atoms with van der Waals surface area (Å²) < 4.78 is 2.18. The first-order valence-electron chi connectivity index (χ1n) is 6.81. The second-order valence-electron chi connectivity index (χ2n) is 5.33. The minimum atomic E-state index is 0.571. The van der Waals surface area contributed by atoms with Crippen LogP contribution in [0.15, 0.2) is 24.3 Å². The van der Waals surface area contributed by atoms with E-state index in [9.17, 15) is 0 Å². The zero-order chi connectivity index (χ0) is 14.0. The van der Waals surface area contributed by atoms with Crippen LogP contribution in [0.3, 0.4) is 0 Å². The van der Waals surface area contributed by atoms with Crippen molar-refractivity contribution in [3.8, 4) is 11.3 Å². The van der Waals surface area contributed by atoms with E-state index >= 15 is 0 Å². The van der Waals surface area contributed by atoms with Crippen LogP contribution in [-0.2, 0) is 13.6 Å². The molecule has 0 amide bonds. The molecule has 1 aromatic heterocycles. The molecule has 1 N–H and O–H groups in total. The topological polar surface area (TPSA) is 29.9 Å². The summed E-state index contributed by atoms with van der Waals surface area (Å²) in [6.45, 7) is 7.30. The van der Waals surface area contributed by atoms with Crippen LogP contribution in [-0.4, -0.2) is 16.6 Å². The molecule has 0 atom stereocenters. The Bertz CT molecular complexity index is 550. The Hall–Kier alpha value is -1.61. The molecule has 2 aromatic rings. The van der Waals surface area contributed by atoms with Crippen molar-refractivity contribution in [2.24, 2.45) is 7.05 Å². The predicted molar refractivity (Wildman–Crippen MR) is 80.2 cm³/mol. The van der Waals surface area contributed by atoms with Gasteiger partial charge >= 0.3 is 0 Å². The Morgan fingerprint density at radius 1 is 1.21 bits per heavy atom. The highest BCUT2D eigenvalue weighted by Gasteiger charge is 2.12. The summed E-state index contributed by atoms with van der Waals surface area (Å²) in [4.78, 5) is 4.63. The van der Waals surface area contributed by atoms with Gasteiger partial charge in [-0.15, -0.1) is 0 Å². The highest BCUT2D eigenvalue weighted by atomic mass is 15.1. The number of benzene rings is 1. The fourth-order valence-electron chi connectivity index (χ4n) is 2.44. The van der Waals surface area contributed by atoms with Crippen molar-refractivity contribution in [1.82, 2.24) is 14.9 Å². The van der Waals surface area contributed by atoms with Gasteiger partial charge in [0.05, 0.1) is 17.9 Å². The molecule has 0 bridgehead atoms. The minimum absolute atomic E-state index is 0.571. The number of hydrogen-bond donors (Lipinski definition) is 1. The van der Waals surface area contributed by atoms with Gasteiger partial charge in [-0.05, 0) is 25.5 Å². The SMILES string of the molecule is CNCc1nc(C)c(-c2ccc(C(C)C)cc2)n1C. The molecule has 0 fully saturated rings. The minimum Gasteiger partial charge on any atom is -0.330 e. The van der Waals surface area contributed by atoms with Crippen LogP contribution in [0, 0.1) is 6.92 Å². The standard InChI is InChI=1S/C16H23N3/c1-11(2)13-6-8-14(9-7-13)16-12(3)18-15(10-17-4)19(16)5/h6-9,11,17H,10H2,1-5H3. The normalized spacial score (nSPS) is 11.3. The third-order valence-corrected chi connectivity index (χ3v) is 3.55. The van der Waals surface area contributed by atoms with E-state index in [0.29, 0.717) is 5.92 Å². The summed E-state index contributed by atoms with van der Waals surface area (Å²) in [5, 5.41) is 3.16. The van der Waals surface area contributed by atoms with Crippen molar-refractivity contribution in [2.45, 2.75) is 33.2 Å². The van der Waals surface area contributed by atoms with Crippen LogP contribution in [0.25, 0.3) is 11.3 Å². The molecule has 0 saturated heterocycles. The molecule has 3 heteroatoms. The first-order chi connectivity index (χ1) is 9.04. The average molecular weight is 257 g/mol. The first-order valence-corrected chi connectivity index (χ1v) is 6.81. The molecular formula is C16H23N3. The monoisotopic (exact) mass is 257 g/mol. The van der Waals surface area contributed by atoms with E-state index in [1.807, 2.05) is 7.05 Å². The van der Waals surface area contributed by atoms with Gasteiger partial charge in [-0.2, -0.15) is 0 Å². The molecule has 0 saturated carbocycles. The van der Waals surface area contributed by atoms with Gasteiger partial charge in [-0.3, -0.25) is 0 Å². The second-order valence-corrected chi connectivity index (χ2v) is 5.33. The highest BCUT2D eigenvalue weighted by molar-refractivity contribution is 5.63. The van der Waals surface area contributed by atoms with Gasteiger partial charge in [0.15, 0.2) is 0 Å². The van der Waals surface area contributed by atoms with Crippen molar-refractivity contribution in [3.05, 3.63) is 41.3 Å². The van der Waals surface area contributed by atoms with Crippen LogP contribution in [0.2, 0.25) is 0 Å². The Morgan fingerprint density at radius 3 is 2.37 bits per heavy atom. The number of rotatable bonds is 4. The maximum atomic E-state index is 4.63. The fraction of sp³-hybridized carbons (Fsp3) is 0.438. The molecule has 1 heterocycles. The van der Waals surface area contributed by atoms with Crippen molar-refractivity contribution < 1.29 is 0 Å². The van der Waals surface area contributed by atoms with Gasteiger partial charge in [-0.25, -0.2) is 4.98 Å². The Morgan fingerprint density at radius 2 is 1.84 bits per heavy atom. The number of aryl methyl sites for hydroxylation is 1. The van der Waals surface area contributed by atoms with E-state index in [4.69, 9.17) is 0 Å². The first kappa shape index (κ1) is 13.8. The van der Waals surface area contributed by atoms with Gasteiger partial charge in [0.2, 0.25) is 0 Å². The Kier molecular flexibility index (Phi) is 4.05. The number of nitrogens with one attached hydrogen (secondary N) is 1. The Labute approximate surface area is 115 Å². The van der Waals surface area contributed by atoms with Crippen molar-refractivity contribution >= 4 is 0 Å². The average Bonchev–Trinajstić information content (AvgIpc) is 2.65. The molecule has 1 aromatic carbocycles. The van der Waals surface area contributed by atoms with Crippen molar-refractivity contribution in [1.29, 1.82) is 0 Å². The smallest absolute Gasteiger partial charge is 0.123 e. The van der Waals surface area contributed by atoms with Gasteiger partial charge in [-0.1, -0.05) is 38.1 Å². The molecule has 3 nitrogen and oxygen atoms in total. The number of nitrogens with zero attached hydrogens (tertiary/aromatic N) is 2. The Balaban J connectivity index is 2.41. The zero-order valence-corrected chi connectivity index (χ0v) is 12.5. The van der Waals surface area contributed by atoms with Crippen LogP contribution < -0.4 is 5.32 Å². The molecular weight excluding hydrogens is 234 g/mol. The van der Waals surface area contributed by atoms with Gasteiger partial charge in [0.25, 0.3) is 0 Å². The molecule has 0 aliphatic heterocycles. The van der Waals surface area contributed by atoms with Crippen LogP contribution in [0.5, 0.6) is 0 Å². The molecule has 0 unspecified atom stereocenters. The number of imidazole rings is 1. The zero-order valence-electron chi connectivity index (χ0n) is 12.5. The third kappa shape index (κ3) is 2.71. The lowest BCUT2D eigenvalue weighted by Gasteiger charge is -2.09. The largest absolute Gasteiger partial charge is 0.330 e. The molecule has 0 radical (unpaired) electrons. The molecule has 102 valence electrons. The van der Waals surface area contributed by atoms with Crippen LogP contribution in [0.4, 0.5) is 0 Å². The van der Waals surface area contributed by atoms with Crippen molar-refractivity contribution in [2.75, 3.05) is 7.05 Å². The molecule has 0 aliphatic carbocycles. The van der Waals surface area contributed by atoms with E-state index in [-0.39, 0.29) is 0 Å². The molecule has 0 aliphatic rings. The highest BCUT2D eigenvalue weighted by Crippen LogP contribution is 2.26. The summed E-state index contributed by atoms with van der Waals surface area (Å²) in [6, 6.07) is 8.82. The van der Waals surface area contributed by atoms with Gasteiger partial charge in [0.1, 0.15) is 5.82 Å². The summed E-state index contributed by atoms with van der Waals surface area (Å²) in [7, 11) is 4.03. The van der Waals surface area contributed by atoms with Crippen LogP contribution in [0.1, 0.15) is 36.8 Å². The summed E-state index contributed by atoms with van der Waals surface area (Å²) in [6.07, 6.45) is 0. The summed E-state index contributed by atoms with van der Waals surface area (Å²) in [5.74, 6) is 1.64. The predicted octanol–water partition coefficient (Wildman–Crippen LogP) is 3.24. The van der Waals surface area contributed by atoms with Gasteiger partial charge in [0, 0.05) is 12.6 Å². The lowest BCUT2D eigenvalue weighted by Crippen LogP contribution is -2.10. The van der Waals surface area contributed by atoms with E-state index in [2.05, 4.69) is 67.0 Å². The van der Waals surface area contributed by atoms with Crippen molar-refractivity contribution in [3.63, 3.8) is 0 Å². The second kappa shape index (κ2) is 5.57. The molecule has 0 spiro atoms. The van der Waals surface area contributed by atoms with Crippen LogP contribution >= 0.6 is 0 Å². The maximum absolute atomic E-state index is 4.63. The lowest BCUT2D eigenvalue weighted by molar-refractivity contribution is 0.712. The number of aromatic nitrogens is 2. The van der Waals surface area contributed by atoms with E-state index in [1.165, 1.54) is 16.8 Å². The fourth-order valence-corrected chi connectivity index (χ4v) is 2.44. The molecule has 2 rings (SSSR count). The maximum Gasteiger partial charge on any atom is 0.123 e. The summed E-state index contributed by atoms with van der Waals surface area (Å²) >= 11 is 0.